The second kappa shape index (κ2) is 8.26. The minimum atomic E-state index is -0.0258. The molecule has 134 valence electrons. The van der Waals surface area contributed by atoms with E-state index >= 15 is 0 Å². The molecule has 7 nitrogen and oxygen atoms in total. The number of ether oxygens (including phenoxy) is 1. The third-order valence-electron chi connectivity index (χ3n) is 4.16. The summed E-state index contributed by atoms with van der Waals surface area (Å²) in [6, 6.07) is 7.44. The van der Waals surface area contributed by atoms with E-state index in [9.17, 15) is 4.79 Å². The largest absolute Gasteiger partial charge is 0.495 e. The van der Waals surface area contributed by atoms with E-state index in [1.807, 2.05) is 24.3 Å². The van der Waals surface area contributed by atoms with Crippen molar-refractivity contribution in [2.45, 2.75) is 13.3 Å². The molecule has 0 spiro atoms. The minimum Gasteiger partial charge on any atom is -0.495 e. The molecule has 1 amide bonds. The summed E-state index contributed by atoms with van der Waals surface area (Å²) in [5.41, 5.74) is 0.703. The highest BCUT2D eigenvalue weighted by molar-refractivity contribution is 7.09. The van der Waals surface area contributed by atoms with E-state index in [1.165, 1.54) is 11.5 Å². The summed E-state index contributed by atoms with van der Waals surface area (Å²) in [7, 11) is 1.60. The Kier molecular flexibility index (Phi) is 5.83. The Morgan fingerprint density at radius 3 is 2.72 bits per heavy atom. The number of amides is 1. The van der Waals surface area contributed by atoms with Gasteiger partial charge in [0, 0.05) is 44.1 Å². The van der Waals surface area contributed by atoms with Crippen molar-refractivity contribution in [1.29, 1.82) is 0 Å². The lowest BCUT2D eigenvalue weighted by atomic mass is 10.3. The van der Waals surface area contributed by atoms with E-state index in [0.717, 1.165) is 43.6 Å². The van der Waals surface area contributed by atoms with Crippen molar-refractivity contribution in [2.24, 2.45) is 0 Å². The maximum atomic E-state index is 12.3. The van der Waals surface area contributed by atoms with E-state index in [0.29, 0.717) is 18.0 Å². The Morgan fingerprint density at radius 2 is 2.04 bits per heavy atom. The number of methoxy groups -OCH3 is 1. The first-order valence-corrected chi connectivity index (χ1v) is 9.19. The number of benzene rings is 1. The van der Waals surface area contributed by atoms with Crippen LogP contribution in [0.15, 0.2) is 24.3 Å². The van der Waals surface area contributed by atoms with Crippen molar-refractivity contribution in [3.05, 3.63) is 30.1 Å². The summed E-state index contributed by atoms with van der Waals surface area (Å²) in [4.78, 5) is 21.2. The molecule has 0 aliphatic carbocycles. The predicted molar refractivity (Wildman–Crippen MR) is 99.6 cm³/mol. The van der Waals surface area contributed by atoms with E-state index in [-0.39, 0.29) is 5.91 Å². The smallest absolute Gasteiger partial charge is 0.238 e. The molecule has 1 aliphatic rings. The molecule has 2 heterocycles. The highest BCUT2D eigenvalue weighted by Gasteiger charge is 2.21. The Morgan fingerprint density at radius 1 is 1.28 bits per heavy atom. The molecule has 1 aromatic carbocycles. The van der Waals surface area contributed by atoms with E-state index in [1.54, 1.807) is 7.11 Å². The Labute approximate surface area is 151 Å². The number of carbonyl (C=O) groups excluding carboxylic acids is 1. The van der Waals surface area contributed by atoms with Crippen molar-refractivity contribution >= 4 is 28.3 Å². The maximum Gasteiger partial charge on any atom is 0.238 e. The fourth-order valence-corrected chi connectivity index (χ4v) is 3.56. The second-order valence-electron chi connectivity index (χ2n) is 5.86. The number of piperazine rings is 1. The fourth-order valence-electron chi connectivity index (χ4n) is 2.75. The lowest BCUT2D eigenvalue weighted by Gasteiger charge is -2.33. The molecule has 3 rings (SSSR count). The molecule has 0 bridgehead atoms. The molecule has 1 saturated heterocycles. The molecule has 0 saturated carbocycles. The second-order valence-corrected chi connectivity index (χ2v) is 6.59. The van der Waals surface area contributed by atoms with Gasteiger partial charge in [-0.3, -0.25) is 9.69 Å². The van der Waals surface area contributed by atoms with Gasteiger partial charge in [-0.2, -0.15) is 4.37 Å². The number of aryl methyl sites for hydroxylation is 1. The molecule has 1 aliphatic heterocycles. The van der Waals surface area contributed by atoms with Crippen molar-refractivity contribution in [1.82, 2.24) is 14.3 Å². The van der Waals surface area contributed by atoms with Crippen LogP contribution in [-0.2, 0) is 11.2 Å². The van der Waals surface area contributed by atoms with Crippen molar-refractivity contribution in [3.63, 3.8) is 0 Å². The molecule has 0 radical (unpaired) electrons. The first-order valence-electron chi connectivity index (χ1n) is 8.42. The predicted octanol–water partition coefficient (Wildman–Crippen LogP) is 1.87. The molecule has 25 heavy (non-hydrogen) atoms. The van der Waals surface area contributed by atoms with Gasteiger partial charge in [0.1, 0.15) is 11.6 Å². The monoisotopic (exact) mass is 361 g/mol. The van der Waals surface area contributed by atoms with Gasteiger partial charge in [-0.15, -0.1) is 0 Å². The molecule has 0 atom stereocenters. The van der Waals surface area contributed by atoms with Gasteiger partial charge in [0.25, 0.3) is 0 Å². The van der Waals surface area contributed by atoms with Crippen LogP contribution >= 0.6 is 11.5 Å². The zero-order valence-corrected chi connectivity index (χ0v) is 15.4. The minimum absolute atomic E-state index is 0.0258. The Bertz CT molecular complexity index is 713. The molecule has 8 heteroatoms. The van der Waals surface area contributed by atoms with Gasteiger partial charge in [-0.1, -0.05) is 19.1 Å². The summed E-state index contributed by atoms with van der Waals surface area (Å²) >= 11 is 1.45. The summed E-state index contributed by atoms with van der Waals surface area (Å²) < 4.78 is 9.60. The number of nitrogens with zero attached hydrogens (tertiary/aromatic N) is 4. The summed E-state index contributed by atoms with van der Waals surface area (Å²) in [5, 5.41) is 3.90. The number of hydrogen-bond acceptors (Lipinski definition) is 7. The fraction of sp³-hybridized carbons (Fsp3) is 0.471. The molecule has 1 N–H and O–H groups in total. The van der Waals surface area contributed by atoms with Crippen LogP contribution in [0.1, 0.15) is 12.7 Å². The van der Waals surface area contributed by atoms with Crippen LogP contribution in [0.5, 0.6) is 5.75 Å². The van der Waals surface area contributed by atoms with E-state index in [2.05, 4.69) is 31.4 Å². The van der Waals surface area contributed by atoms with Crippen molar-refractivity contribution in [3.8, 4) is 5.75 Å². The average molecular weight is 361 g/mol. The van der Waals surface area contributed by atoms with Crippen LogP contribution < -0.4 is 15.0 Å². The first kappa shape index (κ1) is 17.6. The molecule has 0 unspecified atom stereocenters. The topological polar surface area (TPSA) is 70.6 Å². The van der Waals surface area contributed by atoms with Crippen LogP contribution in [0.25, 0.3) is 0 Å². The molecular formula is C17H23N5O2S. The molecule has 1 fully saturated rings. The SMILES string of the molecule is CCc1nsc(N2CCN(CC(=O)Nc3ccccc3OC)CC2)n1. The van der Waals surface area contributed by atoms with Gasteiger partial charge >= 0.3 is 0 Å². The number of para-hydroxylation sites is 2. The van der Waals surface area contributed by atoms with Crippen LogP contribution in [0, 0.1) is 0 Å². The van der Waals surface area contributed by atoms with E-state index in [4.69, 9.17) is 4.74 Å². The van der Waals surface area contributed by atoms with E-state index < -0.39 is 0 Å². The maximum absolute atomic E-state index is 12.3. The van der Waals surface area contributed by atoms with Crippen LogP contribution in [0.4, 0.5) is 10.8 Å². The number of nitrogens with one attached hydrogen (secondary N) is 1. The lowest BCUT2D eigenvalue weighted by molar-refractivity contribution is -0.117. The van der Waals surface area contributed by atoms with Gasteiger partial charge in [-0.05, 0) is 12.1 Å². The Hall–Kier alpha value is -2.19. The first-order chi connectivity index (χ1) is 12.2. The molecular weight excluding hydrogens is 338 g/mol. The Balaban J connectivity index is 1.49. The van der Waals surface area contributed by atoms with Gasteiger partial charge in [0.05, 0.1) is 19.3 Å². The van der Waals surface area contributed by atoms with Crippen LogP contribution in [-0.4, -0.2) is 60.0 Å². The van der Waals surface area contributed by atoms with Gasteiger partial charge in [0.15, 0.2) is 0 Å². The van der Waals surface area contributed by atoms with Crippen LogP contribution in [0.3, 0.4) is 0 Å². The summed E-state index contributed by atoms with van der Waals surface area (Å²) in [6.07, 6.45) is 0.861. The number of anilines is 2. The third kappa shape index (κ3) is 4.46. The number of carbonyl (C=O) groups is 1. The van der Waals surface area contributed by atoms with Gasteiger partial charge in [0.2, 0.25) is 11.0 Å². The average Bonchev–Trinajstić information content (AvgIpc) is 3.12. The third-order valence-corrected chi connectivity index (χ3v) is 4.98. The normalized spacial score (nSPS) is 15.2. The lowest BCUT2D eigenvalue weighted by Crippen LogP contribution is -2.48. The molecule has 2 aromatic rings. The number of rotatable bonds is 6. The van der Waals surface area contributed by atoms with Gasteiger partial charge < -0.3 is 15.0 Å². The highest BCUT2D eigenvalue weighted by Crippen LogP contribution is 2.23. The number of aromatic nitrogens is 2. The van der Waals surface area contributed by atoms with Crippen LogP contribution in [0.2, 0.25) is 0 Å². The zero-order valence-electron chi connectivity index (χ0n) is 14.6. The summed E-state index contributed by atoms with van der Waals surface area (Å²) in [5.74, 6) is 1.55. The van der Waals surface area contributed by atoms with Crippen molar-refractivity contribution in [2.75, 3.05) is 50.1 Å². The zero-order chi connectivity index (χ0) is 17.6. The quantitative estimate of drug-likeness (QED) is 0.847. The standard InChI is InChI=1S/C17H23N5O2S/c1-3-15-19-17(25-20-15)22-10-8-21(9-11-22)12-16(23)18-13-6-4-5-7-14(13)24-2/h4-7H,3,8-12H2,1-2H3,(H,18,23). The number of hydrogen-bond donors (Lipinski definition) is 1. The molecule has 1 aromatic heterocycles. The van der Waals surface area contributed by atoms with Crippen molar-refractivity contribution < 1.29 is 9.53 Å². The summed E-state index contributed by atoms with van der Waals surface area (Å²) in [6.45, 7) is 5.83. The highest BCUT2D eigenvalue weighted by atomic mass is 32.1. The van der Waals surface area contributed by atoms with Gasteiger partial charge in [-0.25, -0.2) is 4.98 Å².